The second-order valence-electron chi connectivity index (χ2n) is 9.88. The quantitative estimate of drug-likeness (QED) is 0.390. The Morgan fingerprint density at radius 1 is 0.944 bits per heavy atom. The van der Waals surface area contributed by atoms with Crippen LogP contribution in [0, 0.1) is 13.8 Å². The lowest BCUT2D eigenvalue weighted by atomic mass is 10.1. The molecule has 0 unspecified atom stereocenters. The van der Waals surface area contributed by atoms with Gasteiger partial charge in [0.2, 0.25) is 5.91 Å². The molecule has 36 heavy (non-hydrogen) atoms. The summed E-state index contributed by atoms with van der Waals surface area (Å²) < 4.78 is 36.3. The summed E-state index contributed by atoms with van der Waals surface area (Å²) in [6.45, 7) is 12.3. The van der Waals surface area contributed by atoms with Gasteiger partial charge in [0.25, 0.3) is 0 Å². The van der Waals surface area contributed by atoms with Crippen molar-refractivity contribution in [3.05, 3.63) is 23.3 Å². The maximum Gasteiger partial charge on any atom is 0.248 e. The van der Waals surface area contributed by atoms with Crippen LogP contribution in [0.3, 0.4) is 0 Å². The smallest absolute Gasteiger partial charge is 0.248 e. The van der Waals surface area contributed by atoms with Crippen LogP contribution in [0.4, 0.5) is 0 Å². The van der Waals surface area contributed by atoms with Gasteiger partial charge in [-0.05, 0) is 82.5 Å². The van der Waals surface area contributed by atoms with E-state index in [4.69, 9.17) is 9.47 Å². The summed E-state index contributed by atoms with van der Waals surface area (Å²) >= 11 is 0. The SMILES string of the molecule is COc1cc(C)c(S(=O)(=O)CNCCOCC(=O)N2CCN(CCCN3CCCCC3)CC2)c(C)c1. The zero-order chi connectivity index (χ0) is 26.0. The molecule has 3 rings (SSSR count). The minimum atomic E-state index is -3.49. The maximum atomic E-state index is 12.8. The number of hydrogen-bond acceptors (Lipinski definition) is 8. The van der Waals surface area contributed by atoms with Crippen LogP contribution in [-0.4, -0.2) is 114 Å². The number of hydrogen-bond donors (Lipinski definition) is 1. The number of nitrogens with one attached hydrogen (secondary N) is 1. The molecule has 2 aliphatic heterocycles. The average molecular weight is 525 g/mol. The third-order valence-corrected chi connectivity index (χ3v) is 8.89. The molecule has 0 aliphatic carbocycles. The number of carbonyl (C=O) groups excluding carboxylic acids is 1. The molecule has 0 bridgehead atoms. The van der Waals surface area contributed by atoms with E-state index >= 15 is 0 Å². The topological polar surface area (TPSA) is 91.4 Å². The molecule has 2 saturated heterocycles. The number of ether oxygens (including phenoxy) is 2. The Hall–Kier alpha value is -1.72. The molecule has 0 aromatic heterocycles. The molecule has 0 atom stereocenters. The van der Waals surface area contributed by atoms with E-state index in [0.717, 1.165) is 32.7 Å². The van der Waals surface area contributed by atoms with Crippen LogP contribution in [-0.2, 0) is 19.4 Å². The van der Waals surface area contributed by atoms with Gasteiger partial charge in [-0.1, -0.05) is 6.42 Å². The van der Waals surface area contributed by atoms with Crippen LogP contribution in [0.25, 0.3) is 0 Å². The van der Waals surface area contributed by atoms with Crippen molar-refractivity contribution in [2.24, 2.45) is 0 Å². The van der Waals surface area contributed by atoms with Crippen LogP contribution in [0.2, 0.25) is 0 Å². The summed E-state index contributed by atoms with van der Waals surface area (Å²) in [5.41, 5.74) is 1.33. The number of aryl methyl sites for hydroxylation is 2. The van der Waals surface area contributed by atoms with Crippen LogP contribution in [0.15, 0.2) is 17.0 Å². The fraction of sp³-hybridized carbons (Fsp3) is 0.731. The minimum absolute atomic E-state index is 0.0000655. The molecule has 10 heteroatoms. The zero-order valence-corrected chi connectivity index (χ0v) is 23.1. The third kappa shape index (κ3) is 8.69. The van der Waals surface area contributed by atoms with Gasteiger partial charge in [-0.2, -0.15) is 0 Å². The number of piperidine rings is 1. The van der Waals surface area contributed by atoms with Gasteiger partial charge < -0.3 is 24.6 Å². The van der Waals surface area contributed by atoms with Gasteiger partial charge in [0.15, 0.2) is 9.84 Å². The Labute approximate surface area is 217 Å². The fourth-order valence-corrected chi connectivity index (χ4v) is 6.77. The van der Waals surface area contributed by atoms with E-state index in [2.05, 4.69) is 15.1 Å². The first-order valence-electron chi connectivity index (χ1n) is 13.2. The Kier molecular flexibility index (Phi) is 11.4. The molecule has 2 fully saturated rings. The van der Waals surface area contributed by atoms with Crippen LogP contribution in [0.1, 0.15) is 36.8 Å². The summed E-state index contributed by atoms with van der Waals surface area (Å²) in [7, 11) is -1.93. The highest BCUT2D eigenvalue weighted by Gasteiger charge is 2.22. The fourth-order valence-electron chi connectivity index (χ4n) is 5.11. The Balaban J connectivity index is 1.27. The second kappa shape index (κ2) is 14.3. The van der Waals surface area contributed by atoms with Crippen LogP contribution >= 0.6 is 0 Å². The normalized spacial score (nSPS) is 17.9. The van der Waals surface area contributed by atoms with Gasteiger partial charge in [0, 0.05) is 32.7 Å². The van der Waals surface area contributed by atoms with Crippen molar-refractivity contribution < 1.29 is 22.7 Å². The first-order chi connectivity index (χ1) is 17.3. The number of rotatable bonds is 13. The Morgan fingerprint density at radius 3 is 2.17 bits per heavy atom. The number of sulfone groups is 1. The highest BCUT2D eigenvalue weighted by molar-refractivity contribution is 7.91. The second-order valence-corrected chi connectivity index (χ2v) is 11.8. The van der Waals surface area contributed by atoms with E-state index in [9.17, 15) is 13.2 Å². The van der Waals surface area contributed by atoms with E-state index in [1.807, 2.05) is 4.90 Å². The summed E-state index contributed by atoms with van der Waals surface area (Å²) in [5, 5.41) is 2.93. The summed E-state index contributed by atoms with van der Waals surface area (Å²) in [5.74, 6) is 0.460. The Morgan fingerprint density at radius 2 is 1.56 bits per heavy atom. The molecule has 0 radical (unpaired) electrons. The summed E-state index contributed by atoms with van der Waals surface area (Å²) in [6, 6.07) is 3.45. The molecule has 2 heterocycles. The van der Waals surface area contributed by atoms with E-state index in [-0.39, 0.29) is 25.0 Å². The molecule has 0 saturated carbocycles. The number of carbonyl (C=O) groups is 1. The molecule has 9 nitrogen and oxygen atoms in total. The van der Waals surface area contributed by atoms with Gasteiger partial charge in [-0.25, -0.2) is 8.42 Å². The first-order valence-corrected chi connectivity index (χ1v) is 14.8. The number of piperazine rings is 1. The van der Waals surface area contributed by atoms with E-state index in [0.29, 0.717) is 28.3 Å². The van der Waals surface area contributed by atoms with Crippen molar-refractivity contribution in [1.29, 1.82) is 0 Å². The number of benzene rings is 1. The van der Waals surface area contributed by atoms with Crippen molar-refractivity contribution in [3.8, 4) is 5.75 Å². The van der Waals surface area contributed by atoms with Crippen LogP contribution < -0.4 is 10.1 Å². The van der Waals surface area contributed by atoms with Gasteiger partial charge in [0.1, 0.15) is 18.2 Å². The van der Waals surface area contributed by atoms with Crippen molar-refractivity contribution in [3.63, 3.8) is 0 Å². The lowest BCUT2D eigenvalue weighted by Crippen LogP contribution is -2.50. The Bertz CT molecular complexity index is 919. The molecule has 1 amide bonds. The largest absolute Gasteiger partial charge is 0.497 e. The van der Waals surface area contributed by atoms with Crippen molar-refractivity contribution in [1.82, 2.24) is 20.0 Å². The lowest BCUT2D eigenvalue weighted by molar-refractivity contribution is -0.137. The zero-order valence-electron chi connectivity index (χ0n) is 22.3. The summed E-state index contributed by atoms with van der Waals surface area (Å²) in [6.07, 6.45) is 5.23. The van der Waals surface area contributed by atoms with Crippen molar-refractivity contribution in [2.75, 3.05) is 85.1 Å². The first kappa shape index (κ1) is 28.8. The van der Waals surface area contributed by atoms with Gasteiger partial charge >= 0.3 is 0 Å². The molecular formula is C26H44N4O5S. The molecular weight excluding hydrogens is 480 g/mol. The number of methoxy groups -OCH3 is 1. The monoisotopic (exact) mass is 524 g/mol. The molecule has 2 aliphatic rings. The molecule has 0 spiro atoms. The number of amides is 1. The predicted molar refractivity (Wildman–Crippen MR) is 141 cm³/mol. The highest BCUT2D eigenvalue weighted by atomic mass is 32.2. The van der Waals surface area contributed by atoms with E-state index in [1.54, 1.807) is 33.1 Å². The van der Waals surface area contributed by atoms with Gasteiger partial charge in [-0.15, -0.1) is 0 Å². The average Bonchev–Trinajstić information content (AvgIpc) is 2.86. The van der Waals surface area contributed by atoms with E-state index in [1.165, 1.54) is 45.3 Å². The molecule has 1 N–H and O–H groups in total. The number of nitrogens with zero attached hydrogens (tertiary/aromatic N) is 3. The maximum absolute atomic E-state index is 12.8. The predicted octanol–water partition coefficient (Wildman–Crippen LogP) is 1.67. The standard InChI is InChI=1S/C26H44N4O5S/c1-22-18-24(34-3)19-23(2)26(22)36(32,33)21-27-8-17-35-20-25(31)30-15-13-29(14-16-30)12-7-11-28-9-5-4-6-10-28/h18-19,27H,4-17,20-21H2,1-3H3. The third-order valence-electron chi connectivity index (χ3n) is 7.04. The number of likely N-dealkylation sites (tertiary alicyclic amines) is 1. The van der Waals surface area contributed by atoms with Crippen LogP contribution in [0.5, 0.6) is 5.75 Å². The van der Waals surface area contributed by atoms with Crippen molar-refractivity contribution >= 4 is 15.7 Å². The van der Waals surface area contributed by atoms with Crippen molar-refractivity contribution in [2.45, 2.75) is 44.4 Å². The van der Waals surface area contributed by atoms with E-state index < -0.39 is 9.84 Å². The lowest BCUT2D eigenvalue weighted by Gasteiger charge is -2.35. The summed E-state index contributed by atoms with van der Waals surface area (Å²) in [4.78, 5) is 19.7. The molecule has 1 aromatic rings. The molecule has 204 valence electrons. The van der Waals surface area contributed by atoms with Gasteiger partial charge in [-0.3, -0.25) is 9.69 Å². The molecule has 1 aromatic carbocycles. The minimum Gasteiger partial charge on any atom is -0.497 e. The van der Waals surface area contributed by atoms with Gasteiger partial charge in [0.05, 0.1) is 18.6 Å². The highest BCUT2D eigenvalue weighted by Crippen LogP contribution is 2.26.